The fourth-order valence-corrected chi connectivity index (χ4v) is 18.8. The summed E-state index contributed by atoms with van der Waals surface area (Å²) in [4.78, 5) is 74.2. The van der Waals surface area contributed by atoms with Crippen LogP contribution in [-0.2, 0) is 39.5 Å². The zero-order chi connectivity index (χ0) is 37.2. The number of benzene rings is 2. The third kappa shape index (κ3) is 3.16. The van der Waals surface area contributed by atoms with E-state index in [4.69, 9.17) is 9.47 Å². The molecule has 8 saturated heterocycles. The summed E-state index contributed by atoms with van der Waals surface area (Å²) in [6.45, 7) is 5.33. The van der Waals surface area contributed by atoms with Crippen LogP contribution >= 0.6 is 43.2 Å². The lowest BCUT2D eigenvalue weighted by Gasteiger charge is -2.59. The van der Waals surface area contributed by atoms with E-state index in [2.05, 4.69) is 10.6 Å². The molecule has 0 radical (unpaired) electrons. The van der Waals surface area contributed by atoms with Gasteiger partial charge in [-0.2, -0.15) is 0 Å². The van der Waals surface area contributed by atoms with Crippen molar-refractivity contribution in [2.45, 2.75) is 88.5 Å². The fraction of sp³-hybridized carbons (Fsp3) is 0.514. The van der Waals surface area contributed by atoms with Gasteiger partial charge in [0.05, 0.1) is 17.4 Å². The van der Waals surface area contributed by atoms with Crippen LogP contribution in [0.3, 0.4) is 0 Å². The van der Waals surface area contributed by atoms with Crippen LogP contribution in [0.25, 0.3) is 0 Å². The summed E-state index contributed by atoms with van der Waals surface area (Å²) in [5.74, 6) is -1.57. The topological polar surface area (TPSA) is 161 Å². The van der Waals surface area contributed by atoms with E-state index in [1.165, 1.54) is 57.9 Å². The molecule has 0 aromatic heterocycles. The van der Waals surface area contributed by atoms with Crippen molar-refractivity contribution in [1.82, 2.24) is 19.6 Å². The van der Waals surface area contributed by atoms with Crippen molar-refractivity contribution >= 4 is 84.3 Å². The first-order chi connectivity index (χ1) is 25.4. The molecular formula is C35H36N6O8S4. The lowest BCUT2D eigenvalue weighted by Crippen LogP contribution is -2.78. The third-order valence-corrected chi connectivity index (χ3v) is 20.7. The number of rotatable bonds is 5. The first-order valence-corrected chi connectivity index (χ1v) is 21.9. The molecule has 3 N–H and O–H groups in total. The van der Waals surface area contributed by atoms with Gasteiger partial charge in [-0.3, -0.25) is 29.0 Å². The normalized spacial score (nSPS) is 42.2. The minimum absolute atomic E-state index is 0.0267. The minimum Gasteiger partial charge on any atom is -0.435 e. The van der Waals surface area contributed by atoms with Crippen LogP contribution in [-0.4, -0.2) is 119 Å². The second-order valence-corrected chi connectivity index (χ2v) is 19.8. The molecule has 18 heteroatoms. The van der Waals surface area contributed by atoms with Crippen molar-refractivity contribution in [3.8, 4) is 0 Å². The Morgan fingerprint density at radius 1 is 0.717 bits per heavy atom. The minimum atomic E-state index is -1.85. The van der Waals surface area contributed by atoms with Crippen molar-refractivity contribution in [1.29, 1.82) is 0 Å². The third-order valence-electron chi connectivity index (χ3n) is 13.1. The number of carbonyl (C=O) groups is 5. The highest BCUT2D eigenvalue weighted by Gasteiger charge is 2.94. The van der Waals surface area contributed by atoms with E-state index < -0.39 is 72.8 Å². The van der Waals surface area contributed by atoms with Gasteiger partial charge in [-0.25, -0.2) is 4.79 Å². The van der Waals surface area contributed by atoms with Gasteiger partial charge in [-0.1, -0.05) is 71.8 Å². The number of carbonyl (C=O) groups excluding carboxylic acids is 5. The predicted octanol–water partition coefficient (Wildman–Crippen LogP) is 3.29. The fourth-order valence-electron chi connectivity index (χ4n) is 10.9. The molecule has 10 aliphatic rings. The van der Waals surface area contributed by atoms with Crippen LogP contribution in [0.5, 0.6) is 0 Å². The zero-order valence-electron chi connectivity index (χ0n) is 29.3. The van der Waals surface area contributed by atoms with Gasteiger partial charge in [0, 0.05) is 25.5 Å². The number of likely N-dealkylation sites (N-methyl/N-ethyl adjacent to an activating group) is 2. The van der Waals surface area contributed by atoms with Crippen molar-refractivity contribution in [2.24, 2.45) is 0 Å². The van der Waals surface area contributed by atoms with Crippen LogP contribution in [0.4, 0.5) is 16.2 Å². The van der Waals surface area contributed by atoms with Gasteiger partial charge in [0.2, 0.25) is 9.74 Å². The van der Waals surface area contributed by atoms with Gasteiger partial charge in [-0.05, 0) is 64.6 Å². The number of nitrogens with one attached hydrogen (secondary N) is 2. The lowest BCUT2D eigenvalue weighted by atomic mass is 9.52. The molecule has 8 fully saturated rings. The Labute approximate surface area is 320 Å². The van der Waals surface area contributed by atoms with E-state index in [0.29, 0.717) is 35.3 Å². The number of hydrogen-bond acceptors (Lipinski definition) is 14. The average Bonchev–Trinajstić information content (AvgIpc) is 3.82. The Kier molecular flexibility index (Phi) is 6.71. The summed E-state index contributed by atoms with van der Waals surface area (Å²) in [6, 6.07) is 14.7. The zero-order valence-corrected chi connectivity index (χ0v) is 32.5. The molecule has 278 valence electrons. The first kappa shape index (κ1) is 34.1. The summed E-state index contributed by atoms with van der Waals surface area (Å²) < 4.78 is 12.0. The molecule has 53 heavy (non-hydrogen) atoms. The molecule has 10 heterocycles. The predicted molar refractivity (Wildman–Crippen MR) is 200 cm³/mol. The van der Waals surface area contributed by atoms with Gasteiger partial charge in [-0.15, -0.1) is 0 Å². The molecule has 14 nitrogen and oxygen atoms in total. The summed E-state index contributed by atoms with van der Waals surface area (Å²) in [5.41, 5.74) is -1.12. The molecule has 1 unspecified atom stereocenters. The molecule has 2 aromatic carbocycles. The summed E-state index contributed by atoms with van der Waals surface area (Å²) in [5, 5.41) is 20.8. The number of anilines is 2. The Morgan fingerprint density at radius 2 is 1.19 bits per heavy atom. The standard InChI is InChI=1S/C35H36N6O8S4/c1-6-30-25(43)40-23-32(17-13-9-11-15-19(17)36-23,21(42)34(40,52-50-30)27(45)38(30)4)33-18-14-10-12-16-20(18)37-24(33)41-26(44)31(7-2)39(5)28(46)35(41,53-51-31)22(33)49-29(47)48-8-3/h9-16,21-24,36-37,42H,6-8H2,1-5H3/t21-,22-,23+,24+,30-,31-,32+,33?,34-,35-/m0/s1. The van der Waals surface area contributed by atoms with Crippen LogP contribution in [0.2, 0.25) is 0 Å². The Balaban J connectivity index is 1.36. The van der Waals surface area contributed by atoms with Crippen LogP contribution in [0, 0.1) is 0 Å². The number of aliphatic hydroxyl groups excluding tert-OH is 1. The van der Waals surface area contributed by atoms with Gasteiger partial charge in [0.1, 0.15) is 18.4 Å². The highest BCUT2D eigenvalue weighted by Crippen LogP contribution is 2.79. The van der Waals surface area contributed by atoms with Crippen molar-refractivity contribution < 1.29 is 38.6 Å². The smallest absolute Gasteiger partial charge is 0.435 e. The second kappa shape index (κ2) is 10.4. The van der Waals surface area contributed by atoms with Gasteiger partial charge in [0.25, 0.3) is 23.6 Å². The highest BCUT2D eigenvalue weighted by atomic mass is 33.1. The molecule has 0 aliphatic carbocycles. The van der Waals surface area contributed by atoms with Crippen molar-refractivity contribution in [3.05, 3.63) is 59.7 Å². The van der Waals surface area contributed by atoms with Crippen LogP contribution in [0.1, 0.15) is 44.7 Å². The number of para-hydroxylation sites is 2. The van der Waals surface area contributed by atoms with Gasteiger partial charge in [0.15, 0.2) is 15.8 Å². The average molecular weight is 797 g/mol. The van der Waals surface area contributed by atoms with Crippen molar-refractivity contribution in [3.63, 3.8) is 0 Å². The van der Waals surface area contributed by atoms with E-state index in [-0.39, 0.29) is 18.4 Å². The second-order valence-electron chi connectivity index (χ2n) is 14.6. The molecule has 10 atom stereocenters. The Bertz CT molecular complexity index is 2100. The van der Waals surface area contributed by atoms with E-state index in [1.807, 2.05) is 62.4 Å². The number of nitrogens with zero attached hydrogens (tertiary/aromatic N) is 4. The summed E-state index contributed by atoms with van der Waals surface area (Å²) in [6.07, 6.45) is -5.82. The highest BCUT2D eigenvalue weighted by molar-refractivity contribution is 8.78. The molecule has 2 spiro atoms. The van der Waals surface area contributed by atoms with Crippen LogP contribution < -0.4 is 10.6 Å². The molecule has 2 aromatic rings. The number of fused-ring (bicyclic) bond motifs is 11. The van der Waals surface area contributed by atoms with E-state index in [0.717, 1.165) is 0 Å². The van der Waals surface area contributed by atoms with Crippen LogP contribution in [0.15, 0.2) is 48.5 Å². The molecular weight excluding hydrogens is 761 g/mol. The maximum Gasteiger partial charge on any atom is 0.508 e. The van der Waals surface area contributed by atoms with E-state index >= 15 is 14.4 Å². The van der Waals surface area contributed by atoms with Crippen molar-refractivity contribution in [2.75, 3.05) is 31.3 Å². The molecule has 10 aliphatic heterocycles. The number of ether oxygens (including phenoxy) is 2. The number of aliphatic hydroxyl groups is 1. The number of piperazine rings is 2. The molecule has 4 amide bonds. The van der Waals surface area contributed by atoms with E-state index in [9.17, 15) is 14.7 Å². The quantitative estimate of drug-likeness (QED) is 0.299. The van der Waals surface area contributed by atoms with Gasteiger partial charge >= 0.3 is 6.16 Å². The Morgan fingerprint density at radius 3 is 1.74 bits per heavy atom. The first-order valence-electron chi connectivity index (χ1n) is 17.6. The lowest BCUT2D eigenvalue weighted by molar-refractivity contribution is -0.168. The van der Waals surface area contributed by atoms with Gasteiger partial charge < -0.3 is 35.0 Å². The summed E-state index contributed by atoms with van der Waals surface area (Å²) >= 11 is 0. The number of amides is 4. The maximum atomic E-state index is 15.3. The molecule has 0 saturated carbocycles. The number of hydrogen-bond donors (Lipinski definition) is 3. The Hall–Kier alpha value is -3.45. The SMILES string of the molecule is CCOC(=O)O[C@H]1C2([C@@]34c5ccccc5N[C@@H]3N3C(=O)[C@]5(CC)SS[C@]3(C(=O)N5C)[C@H]4O)c3ccccc3N[C@@H]2N2C(=O)[C@]3(CC)SS[C@]12C(=O)N3C. The van der Waals surface area contributed by atoms with E-state index in [1.54, 1.807) is 25.9 Å². The molecule has 4 bridgehead atoms. The monoisotopic (exact) mass is 796 g/mol. The largest absolute Gasteiger partial charge is 0.508 e. The molecule has 12 rings (SSSR count). The summed E-state index contributed by atoms with van der Waals surface area (Å²) in [7, 11) is 8.06. The maximum absolute atomic E-state index is 15.3.